The third-order valence-electron chi connectivity index (χ3n) is 5.55. The summed E-state index contributed by atoms with van der Waals surface area (Å²) in [5, 5.41) is 13.2. The highest BCUT2D eigenvalue weighted by molar-refractivity contribution is 5.79. The van der Waals surface area contributed by atoms with Crippen molar-refractivity contribution in [3.05, 3.63) is 95.6 Å². The number of aliphatic hydroxyl groups is 1. The summed E-state index contributed by atoms with van der Waals surface area (Å²) < 4.78 is 5.55. The summed E-state index contributed by atoms with van der Waals surface area (Å²) in [5.74, 6) is 0.0256. The van der Waals surface area contributed by atoms with E-state index in [1.165, 1.54) is 22.3 Å². The van der Waals surface area contributed by atoms with Gasteiger partial charge in [0.2, 0.25) is 0 Å². The average molecular weight is 387 g/mol. The fraction of sp³-hybridized carbons (Fsp3) is 0.240. The maximum Gasteiger partial charge on any atom is 0.407 e. The number of nitrogens with one attached hydrogen (secondary N) is 1. The molecule has 0 unspecified atom stereocenters. The first-order valence-electron chi connectivity index (χ1n) is 9.97. The number of hydrogen-bond acceptors (Lipinski definition) is 3. The van der Waals surface area contributed by atoms with Crippen molar-refractivity contribution >= 4 is 6.09 Å². The molecule has 0 aliphatic heterocycles. The van der Waals surface area contributed by atoms with Crippen molar-refractivity contribution in [2.45, 2.75) is 31.4 Å². The number of fused-ring (bicyclic) bond motifs is 3. The largest absolute Gasteiger partial charge is 0.449 e. The Kier molecular flexibility index (Phi) is 5.63. The van der Waals surface area contributed by atoms with Gasteiger partial charge in [-0.2, -0.15) is 0 Å². The van der Waals surface area contributed by atoms with E-state index < -0.39 is 18.2 Å². The van der Waals surface area contributed by atoms with Crippen LogP contribution < -0.4 is 5.32 Å². The molecular formula is C25H25NO3. The van der Waals surface area contributed by atoms with Gasteiger partial charge in [0.05, 0.1) is 12.1 Å². The van der Waals surface area contributed by atoms with E-state index in [-0.39, 0.29) is 12.5 Å². The van der Waals surface area contributed by atoms with E-state index in [4.69, 9.17) is 4.74 Å². The van der Waals surface area contributed by atoms with Crippen LogP contribution in [0.1, 0.15) is 29.5 Å². The molecule has 148 valence electrons. The standard InChI is InChI=1S/C25H25NO3/c1-17(24(27)15-18-9-3-2-4-10-18)26-25(28)29-16-23-21-13-7-5-11-19(21)20-12-6-8-14-22(20)23/h2-14,17,23-24,27H,15-16H2,1H3,(H,26,28)/t17-,24-/m1/s1. The van der Waals surface area contributed by atoms with Crippen molar-refractivity contribution in [3.63, 3.8) is 0 Å². The molecule has 0 heterocycles. The van der Waals surface area contributed by atoms with Crippen LogP contribution in [0.5, 0.6) is 0 Å². The van der Waals surface area contributed by atoms with Crippen molar-refractivity contribution < 1.29 is 14.6 Å². The van der Waals surface area contributed by atoms with E-state index in [0.29, 0.717) is 6.42 Å². The highest BCUT2D eigenvalue weighted by atomic mass is 16.5. The summed E-state index contributed by atoms with van der Waals surface area (Å²) in [6, 6.07) is 25.8. The van der Waals surface area contributed by atoms with Gasteiger partial charge in [0, 0.05) is 12.3 Å². The maximum absolute atomic E-state index is 12.3. The smallest absolute Gasteiger partial charge is 0.407 e. The van der Waals surface area contributed by atoms with Crippen LogP contribution in [0.15, 0.2) is 78.9 Å². The topological polar surface area (TPSA) is 58.6 Å². The maximum atomic E-state index is 12.3. The van der Waals surface area contributed by atoms with Crippen LogP contribution in [-0.4, -0.2) is 30.0 Å². The lowest BCUT2D eigenvalue weighted by Gasteiger charge is -2.21. The Hall–Kier alpha value is -3.11. The van der Waals surface area contributed by atoms with Crippen LogP contribution in [-0.2, 0) is 11.2 Å². The lowest BCUT2D eigenvalue weighted by atomic mass is 9.98. The number of benzene rings is 3. The van der Waals surface area contributed by atoms with Gasteiger partial charge in [0.15, 0.2) is 0 Å². The van der Waals surface area contributed by atoms with Crippen LogP contribution in [0.3, 0.4) is 0 Å². The zero-order chi connectivity index (χ0) is 20.2. The summed E-state index contributed by atoms with van der Waals surface area (Å²) in [4.78, 5) is 12.3. The lowest BCUT2D eigenvalue weighted by molar-refractivity contribution is 0.108. The normalized spacial score (nSPS) is 14.6. The molecule has 1 aliphatic carbocycles. The summed E-state index contributed by atoms with van der Waals surface area (Å²) >= 11 is 0. The summed E-state index contributed by atoms with van der Waals surface area (Å²) in [7, 11) is 0. The molecule has 1 amide bonds. The molecule has 4 nitrogen and oxygen atoms in total. The predicted molar refractivity (Wildman–Crippen MR) is 114 cm³/mol. The molecule has 3 aromatic carbocycles. The second-order valence-electron chi connectivity index (χ2n) is 7.52. The highest BCUT2D eigenvalue weighted by Crippen LogP contribution is 2.44. The average Bonchev–Trinajstić information content (AvgIpc) is 3.07. The number of carbonyl (C=O) groups is 1. The van der Waals surface area contributed by atoms with Crippen molar-refractivity contribution in [1.29, 1.82) is 0 Å². The fourth-order valence-electron chi connectivity index (χ4n) is 3.95. The Balaban J connectivity index is 1.36. The molecule has 2 atom stereocenters. The number of rotatable bonds is 6. The Morgan fingerprint density at radius 3 is 2.10 bits per heavy atom. The highest BCUT2D eigenvalue weighted by Gasteiger charge is 2.29. The van der Waals surface area contributed by atoms with Crippen LogP contribution >= 0.6 is 0 Å². The number of aliphatic hydroxyl groups excluding tert-OH is 1. The van der Waals surface area contributed by atoms with Crippen molar-refractivity contribution in [3.8, 4) is 11.1 Å². The van der Waals surface area contributed by atoms with Crippen LogP contribution in [0.4, 0.5) is 4.79 Å². The molecule has 0 bridgehead atoms. The fourth-order valence-corrected chi connectivity index (χ4v) is 3.95. The van der Waals surface area contributed by atoms with Crippen LogP contribution in [0.2, 0.25) is 0 Å². The van der Waals surface area contributed by atoms with E-state index in [9.17, 15) is 9.90 Å². The molecule has 0 fully saturated rings. The van der Waals surface area contributed by atoms with E-state index in [0.717, 1.165) is 5.56 Å². The molecule has 2 N–H and O–H groups in total. The minimum atomic E-state index is -0.683. The minimum absolute atomic E-state index is 0.0256. The van der Waals surface area contributed by atoms with E-state index in [1.54, 1.807) is 6.92 Å². The van der Waals surface area contributed by atoms with Gasteiger partial charge in [-0.05, 0) is 34.7 Å². The lowest BCUT2D eigenvalue weighted by Crippen LogP contribution is -2.42. The molecule has 0 spiro atoms. The number of amides is 1. The second kappa shape index (κ2) is 8.50. The van der Waals surface area contributed by atoms with E-state index >= 15 is 0 Å². The molecular weight excluding hydrogens is 362 g/mol. The first-order chi connectivity index (χ1) is 14.1. The summed E-state index contributed by atoms with van der Waals surface area (Å²) in [6.07, 6.45) is -0.713. The van der Waals surface area contributed by atoms with Crippen molar-refractivity contribution in [1.82, 2.24) is 5.32 Å². The van der Waals surface area contributed by atoms with Gasteiger partial charge < -0.3 is 15.2 Å². The minimum Gasteiger partial charge on any atom is -0.449 e. The second-order valence-corrected chi connectivity index (χ2v) is 7.52. The SMILES string of the molecule is C[C@@H](NC(=O)OCC1c2ccccc2-c2ccccc21)[C@H](O)Cc1ccccc1. The number of alkyl carbamates (subject to hydrolysis) is 1. The Bertz CT molecular complexity index is 941. The molecule has 3 aromatic rings. The Labute approximate surface area is 171 Å². The van der Waals surface area contributed by atoms with Crippen LogP contribution in [0.25, 0.3) is 11.1 Å². The van der Waals surface area contributed by atoms with Gasteiger partial charge in [-0.1, -0.05) is 78.9 Å². The number of hydrogen-bond donors (Lipinski definition) is 2. The van der Waals surface area contributed by atoms with Gasteiger partial charge >= 0.3 is 6.09 Å². The van der Waals surface area contributed by atoms with Crippen molar-refractivity contribution in [2.75, 3.05) is 6.61 Å². The van der Waals surface area contributed by atoms with E-state index in [2.05, 4.69) is 29.6 Å². The Morgan fingerprint density at radius 1 is 0.931 bits per heavy atom. The van der Waals surface area contributed by atoms with Gasteiger partial charge in [-0.3, -0.25) is 0 Å². The third kappa shape index (κ3) is 4.17. The van der Waals surface area contributed by atoms with Crippen LogP contribution in [0, 0.1) is 0 Å². The first-order valence-corrected chi connectivity index (χ1v) is 9.97. The zero-order valence-electron chi connectivity index (χ0n) is 16.4. The first kappa shape index (κ1) is 19.2. The number of ether oxygens (including phenoxy) is 1. The van der Waals surface area contributed by atoms with Gasteiger partial charge in [-0.25, -0.2) is 4.79 Å². The zero-order valence-corrected chi connectivity index (χ0v) is 16.4. The van der Waals surface area contributed by atoms with Crippen molar-refractivity contribution in [2.24, 2.45) is 0 Å². The quantitative estimate of drug-likeness (QED) is 0.654. The Morgan fingerprint density at radius 2 is 1.48 bits per heavy atom. The van der Waals surface area contributed by atoms with E-state index in [1.807, 2.05) is 54.6 Å². The molecule has 0 saturated heterocycles. The van der Waals surface area contributed by atoms with Gasteiger partial charge in [0.1, 0.15) is 6.61 Å². The summed E-state index contributed by atoms with van der Waals surface area (Å²) in [6.45, 7) is 2.05. The predicted octanol–water partition coefficient (Wildman–Crippen LogP) is 4.52. The molecule has 0 radical (unpaired) electrons. The van der Waals surface area contributed by atoms with Gasteiger partial charge in [0.25, 0.3) is 0 Å². The molecule has 4 rings (SSSR count). The molecule has 0 aromatic heterocycles. The molecule has 4 heteroatoms. The number of carbonyl (C=O) groups excluding carboxylic acids is 1. The summed E-state index contributed by atoms with van der Waals surface area (Å²) in [5.41, 5.74) is 5.78. The monoisotopic (exact) mass is 387 g/mol. The molecule has 1 aliphatic rings. The third-order valence-corrected chi connectivity index (χ3v) is 5.55. The van der Waals surface area contributed by atoms with Gasteiger partial charge in [-0.15, -0.1) is 0 Å². The molecule has 29 heavy (non-hydrogen) atoms. The molecule has 0 saturated carbocycles.